The van der Waals surface area contributed by atoms with Crippen LogP contribution in [0.2, 0.25) is 5.15 Å². The van der Waals surface area contributed by atoms with Crippen molar-refractivity contribution >= 4 is 23.6 Å². The van der Waals surface area contributed by atoms with Gasteiger partial charge < -0.3 is 10.2 Å². The average molecular weight is 381 g/mol. The molecule has 1 aromatic rings. The summed E-state index contributed by atoms with van der Waals surface area (Å²) in [6, 6.07) is 0. The van der Waals surface area contributed by atoms with E-state index in [1.807, 2.05) is 11.6 Å². The Kier molecular flexibility index (Phi) is 8.66. The summed E-state index contributed by atoms with van der Waals surface area (Å²) in [5.41, 5.74) is 1.69. The molecule has 0 saturated carbocycles. The minimum atomic E-state index is -0.0766. The number of amides is 1. The Hall–Kier alpha value is -1.33. The molecule has 1 fully saturated rings. The quantitative estimate of drug-likeness (QED) is 0.661. The summed E-state index contributed by atoms with van der Waals surface area (Å²) in [6.45, 7) is 11.2. The lowest BCUT2D eigenvalue weighted by Crippen LogP contribution is -2.37. The highest BCUT2D eigenvalue weighted by atomic mass is 35.5. The zero-order valence-corrected chi connectivity index (χ0v) is 17.2. The Morgan fingerprint density at radius 1 is 1.35 bits per heavy atom. The molecular formula is C20H33ClN4O. The third-order valence-electron chi connectivity index (χ3n) is 4.88. The number of unbranched alkanes of at least 4 members (excludes halogenated alkanes) is 1. The molecule has 146 valence electrons. The molecule has 1 saturated heterocycles. The lowest BCUT2D eigenvalue weighted by Gasteiger charge is -2.29. The largest absolute Gasteiger partial charge is 0.352 e. The Morgan fingerprint density at radius 2 is 2.08 bits per heavy atom. The molecule has 1 aromatic heterocycles. The molecule has 26 heavy (non-hydrogen) atoms. The molecule has 0 radical (unpaired) electrons. The third kappa shape index (κ3) is 6.44. The van der Waals surface area contributed by atoms with Crippen LogP contribution < -0.4 is 5.32 Å². The van der Waals surface area contributed by atoms with Gasteiger partial charge in [-0.1, -0.05) is 38.3 Å². The normalized spacial score (nSPS) is 16.9. The van der Waals surface area contributed by atoms with E-state index in [1.165, 1.54) is 32.4 Å². The topological polar surface area (TPSA) is 50.2 Å². The van der Waals surface area contributed by atoms with E-state index in [0.717, 1.165) is 37.2 Å². The molecule has 1 unspecified atom stereocenters. The van der Waals surface area contributed by atoms with Crippen molar-refractivity contribution < 1.29 is 4.79 Å². The van der Waals surface area contributed by atoms with Crippen molar-refractivity contribution in [3.63, 3.8) is 0 Å². The smallest absolute Gasteiger partial charge is 0.244 e. The van der Waals surface area contributed by atoms with E-state index >= 15 is 0 Å². The maximum atomic E-state index is 12.1. The number of carbonyl (C=O) groups is 1. The highest BCUT2D eigenvalue weighted by Crippen LogP contribution is 2.21. The summed E-state index contributed by atoms with van der Waals surface area (Å²) < 4.78 is 1.82. The summed E-state index contributed by atoms with van der Waals surface area (Å²) in [5.74, 6) is 0.375. The van der Waals surface area contributed by atoms with E-state index in [-0.39, 0.29) is 5.91 Å². The molecule has 2 rings (SSSR count). The number of hydrogen-bond acceptors (Lipinski definition) is 3. The number of nitrogens with zero attached hydrogens (tertiary/aromatic N) is 3. The fourth-order valence-corrected chi connectivity index (χ4v) is 3.67. The first-order chi connectivity index (χ1) is 12.5. The maximum Gasteiger partial charge on any atom is 0.244 e. The number of hydrogen-bond donors (Lipinski definition) is 1. The second kappa shape index (κ2) is 10.7. The first kappa shape index (κ1) is 21.0. The predicted octanol–water partition coefficient (Wildman–Crippen LogP) is 3.90. The number of nitrogens with one attached hydrogen (secondary N) is 1. The molecule has 1 amide bonds. The summed E-state index contributed by atoms with van der Waals surface area (Å²) in [7, 11) is 0. The predicted molar refractivity (Wildman–Crippen MR) is 108 cm³/mol. The monoisotopic (exact) mass is 380 g/mol. The number of rotatable bonds is 9. The number of aryl methyl sites for hydroxylation is 2. The molecule has 1 aliphatic heterocycles. The van der Waals surface area contributed by atoms with Crippen molar-refractivity contribution in [2.24, 2.45) is 5.92 Å². The van der Waals surface area contributed by atoms with Crippen LogP contribution in [0.15, 0.2) is 6.08 Å². The van der Waals surface area contributed by atoms with Gasteiger partial charge >= 0.3 is 0 Å². The average Bonchev–Trinajstić information content (AvgIpc) is 2.90. The van der Waals surface area contributed by atoms with E-state index in [2.05, 4.69) is 29.2 Å². The van der Waals surface area contributed by atoms with Gasteiger partial charge in [0.25, 0.3) is 0 Å². The third-order valence-corrected chi connectivity index (χ3v) is 5.28. The second-order valence-corrected chi connectivity index (χ2v) is 7.77. The number of halogens is 1. The van der Waals surface area contributed by atoms with Gasteiger partial charge in [0.2, 0.25) is 5.91 Å². The van der Waals surface area contributed by atoms with Crippen molar-refractivity contribution in [3.8, 4) is 0 Å². The van der Waals surface area contributed by atoms with E-state index < -0.39 is 0 Å². The zero-order valence-electron chi connectivity index (χ0n) is 16.4. The van der Waals surface area contributed by atoms with Gasteiger partial charge in [-0.2, -0.15) is 5.10 Å². The van der Waals surface area contributed by atoms with Gasteiger partial charge in [-0.3, -0.25) is 9.48 Å². The van der Waals surface area contributed by atoms with Crippen LogP contribution in [-0.4, -0.2) is 46.8 Å². The van der Waals surface area contributed by atoms with E-state index in [0.29, 0.717) is 17.6 Å². The summed E-state index contributed by atoms with van der Waals surface area (Å²) in [4.78, 5) is 14.6. The van der Waals surface area contributed by atoms with Crippen molar-refractivity contribution in [3.05, 3.63) is 22.5 Å². The summed E-state index contributed by atoms with van der Waals surface area (Å²) in [5, 5.41) is 8.07. The molecule has 6 heteroatoms. The fourth-order valence-electron chi connectivity index (χ4n) is 3.35. The molecule has 1 atom stereocenters. The molecule has 1 aliphatic rings. The second-order valence-electron chi connectivity index (χ2n) is 7.41. The van der Waals surface area contributed by atoms with Crippen LogP contribution in [0.5, 0.6) is 0 Å². The van der Waals surface area contributed by atoms with E-state index in [4.69, 9.17) is 11.6 Å². The number of carbonyl (C=O) groups excluding carboxylic acids is 1. The highest BCUT2D eigenvalue weighted by molar-refractivity contribution is 6.31. The minimum Gasteiger partial charge on any atom is -0.352 e. The van der Waals surface area contributed by atoms with Gasteiger partial charge in [0.15, 0.2) is 0 Å². The number of aromatic nitrogens is 2. The van der Waals surface area contributed by atoms with Crippen LogP contribution in [0, 0.1) is 12.8 Å². The SMILES string of the molecule is CCCCn1nc(C)c(/C=C/C(=O)NCC(C)CN2CCCCC2)c1Cl. The van der Waals surface area contributed by atoms with Crippen LogP contribution in [0.25, 0.3) is 6.08 Å². The first-order valence-corrected chi connectivity index (χ1v) is 10.3. The molecule has 1 N–H and O–H groups in total. The zero-order chi connectivity index (χ0) is 18.9. The first-order valence-electron chi connectivity index (χ1n) is 9.92. The van der Waals surface area contributed by atoms with Gasteiger partial charge in [0.05, 0.1) is 5.69 Å². The van der Waals surface area contributed by atoms with Gasteiger partial charge in [-0.25, -0.2) is 0 Å². The van der Waals surface area contributed by atoms with Crippen LogP contribution in [0.3, 0.4) is 0 Å². The van der Waals surface area contributed by atoms with Crippen LogP contribution in [0.1, 0.15) is 57.2 Å². The molecule has 0 bridgehead atoms. The molecule has 0 spiro atoms. The lowest BCUT2D eigenvalue weighted by atomic mass is 10.1. The Morgan fingerprint density at radius 3 is 2.77 bits per heavy atom. The number of likely N-dealkylation sites (tertiary alicyclic amines) is 1. The Labute approximate surface area is 162 Å². The van der Waals surface area contributed by atoms with Gasteiger partial charge in [-0.05, 0) is 51.3 Å². The minimum absolute atomic E-state index is 0.0766. The van der Waals surface area contributed by atoms with Gasteiger partial charge in [0.1, 0.15) is 5.15 Å². The standard InChI is InChI=1S/C20H33ClN4O/c1-4-5-13-25-20(21)18(17(3)23-25)9-10-19(26)22-14-16(2)15-24-11-7-6-8-12-24/h9-10,16H,4-8,11-15H2,1-3H3,(H,22,26)/b10-9+. The van der Waals surface area contributed by atoms with Crippen LogP contribution >= 0.6 is 11.6 Å². The summed E-state index contributed by atoms with van der Waals surface area (Å²) >= 11 is 6.40. The van der Waals surface area contributed by atoms with Crippen LogP contribution in [-0.2, 0) is 11.3 Å². The molecule has 5 nitrogen and oxygen atoms in total. The van der Waals surface area contributed by atoms with Crippen molar-refractivity contribution in [1.29, 1.82) is 0 Å². The van der Waals surface area contributed by atoms with Crippen molar-refractivity contribution in [2.75, 3.05) is 26.2 Å². The van der Waals surface area contributed by atoms with Crippen molar-refractivity contribution in [1.82, 2.24) is 20.0 Å². The lowest BCUT2D eigenvalue weighted by molar-refractivity contribution is -0.116. The van der Waals surface area contributed by atoms with Gasteiger partial charge in [0, 0.05) is 31.3 Å². The van der Waals surface area contributed by atoms with E-state index in [1.54, 1.807) is 12.2 Å². The highest BCUT2D eigenvalue weighted by Gasteiger charge is 2.14. The molecule has 2 heterocycles. The molecule has 0 aromatic carbocycles. The molecular weight excluding hydrogens is 348 g/mol. The fraction of sp³-hybridized carbons (Fsp3) is 0.700. The summed E-state index contributed by atoms with van der Waals surface area (Å²) in [6.07, 6.45) is 9.42. The number of piperidine rings is 1. The Bertz CT molecular complexity index is 605. The Balaban J connectivity index is 1.80. The molecule has 0 aliphatic carbocycles. The van der Waals surface area contributed by atoms with E-state index in [9.17, 15) is 4.79 Å². The maximum absolute atomic E-state index is 12.1. The van der Waals surface area contributed by atoms with Gasteiger partial charge in [-0.15, -0.1) is 0 Å². The van der Waals surface area contributed by atoms with Crippen molar-refractivity contribution in [2.45, 2.75) is 59.4 Å². The van der Waals surface area contributed by atoms with Crippen LogP contribution in [0.4, 0.5) is 0 Å².